The molecule has 0 saturated carbocycles. The summed E-state index contributed by atoms with van der Waals surface area (Å²) in [7, 11) is 1.81. The van der Waals surface area contributed by atoms with Crippen LogP contribution in [0.4, 0.5) is 0 Å². The fourth-order valence-electron chi connectivity index (χ4n) is 1.81. The van der Waals surface area contributed by atoms with Crippen LogP contribution in [0, 0.1) is 11.3 Å². The number of aliphatic hydroxyl groups is 1. The molecule has 0 bridgehead atoms. The summed E-state index contributed by atoms with van der Waals surface area (Å²) in [5.74, 6) is 0. The van der Waals surface area contributed by atoms with Crippen LogP contribution in [0.15, 0.2) is 42.1 Å². The second-order valence-electron chi connectivity index (χ2n) is 4.02. The molecule has 3 nitrogen and oxygen atoms in total. The summed E-state index contributed by atoms with van der Waals surface area (Å²) in [4.78, 5) is 1.88. The van der Waals surface area contributed by atoms with E-state index >= 15 is 0 Å². The van der Waals surface area contributed by atoms with Gasteiger partial charge < -0.3 is 0 Å². The van der Waals surface area contributed by atoms with Crippen LogP contribution in [0.2, 0.25) is 4.82 Å². The van der Waals surface area contributed by atoms with Gasteiger partial charge in [-0.2, -0.15) is 0 Å². The molecule has 2 rings (SSSR count). The molecule has 0 amide bonds. The molecule has 1 aromatic rings. The summed E-state index contributed by atoms with van der Waals surface area (Å²) in [6.07, 6.45) is 1.94. The van der Waals surface area contributed by atoms with Gasteiger partial charge >= 0.3 is 107 Å². The summed E-state index contributed by atoms with van der Waals surface area (Å²) in [5.41, 5.74) is 0.751. The number of allylic oxidation sites excluding steroid dienone is 1. The van der Waals surface area contributed by atoms with Crippen molar-refractivity contribution in [3.63, 3.8) is 0 Å². The monoisotopic (exact) mass is 294 g/mol. The van der Waals surface area contributed by atoms with Crippen LogP contribution in [0.5, 0.6) is 0 Å². The van der Waals surface area contributed by atoms with Crippen molar-refractivity contribution in [3.8, 4) is 6.07 Å². The van der Waals surface area contributed by atoms with Crippen LogP contribution in [0.1, 0.15) is 6.42 Å². The molecule has 4 heteroatoms. The molecule has 0 radical (unpaired) electrons. The van der Waals surface area contributed by atoms with E-state index in [4.69, 9.17) is 5.26 Å². The van der Waals surface area contributed by atoms with Gasteiger partial charge in [0.05, 0.1) is 0 Å². The average Bonchev–Trinajstić information content (AvgIpc) is 2.36. The zero-order chi connectivity index (χ0) is 12.3. The number of nitrogens with zero attached hydrogens (tertiary/aromatic N) is 2. The van der Waals surface area contributed by atoms with Gasteiger partial charge in [0.15, 0.2) is 0 Å². The zero-order valence-corrected chi connectivity index (χ0v) is 11.3. The van der Waals surface area contributed by atoms with E-state index in [1.807, 2.05) is 25.2 Å². The maximum absolute atomic E-state index is 10.1. The van der Waals surface area contributed by atoms with Crippen molar-refractivity contribution in [3.05, 3.63) is 42.1 Å². The van der Waals surface area contributed by atoms with Crippen molar-refractivity contribution in [2.24, 2.45) is 0 Å². The Morgan fingerprint density at radius 1 is 1.41 bits per heavy atom. The molecule has 0 fully saturated rings. The average molecular weight is 293 g/mol. The molecule has 2 atom stereocenters. The third kappa shape index (κ3) is 2.89. The Bertz CT molecular complexity index is 452. The molecule has 17 heavy (non-hydrogen) atoms. The topological polar surface area (TPSA) is 47.3 Å². The molecule has 0 spiro atoms. The van der Waals surface area contributed by atoms with Gasteiger partial charge in [-0.25, -0.2) is 0 Å². The van der Waals surface area contributed by atoms with Crippen LogP contribution >= 0.6 is 0 Å². The van der Waals surface area contributed by atoms with Crippen LogP contribution < -0.4 is 4.46 Å². The van der Waals surface area contributed by atoms with Crippen molar-refractivity contribution in [1.29, 1.82) is 5.26 Å². The molecule has 1 aromatic carbocycles. The molecule has 0 saturated heterocycles. The minimum absolute atomic E-state index is 0.148. The van der Waals surface area contributed by atoms with E-state index in [9.17, 15) is 5.11 Å². The Balaban J connectivity index is 2.12. The van der Waals surface area contributed by atoms with Gasteiger partial charge in [0.25, 0.3) is 0 Å². The first-order valence-electron chi connectivity index (χ1n) is 5.43. The summed E-state index contributed by atoms with van der Waals surface area (Å²) in [5, 5.41) is 19.1. The molecule has 0 aliphatic carbocycles. The van der Waals surface area contributed by atoms with E-state index < -0.39 is 6.23 Å². The Hall–Kier alpha value is -1.27. The van der Waals surface area contributed by atoms with Crippen molar-refractivity contribution < 1.29 is 5.11 Å². The number of aliphatic hydroxyl groups excluding tert-OH is 1. The normalized spacial score (nSPS) is 24.1. The Labute approximate surface area is 108 Å². The predicted octanol–water partition coefficient (Wildman–Crippen LogP) is 0.866. The van der Waals surface area contributed by atoms with Crippen molar-refractivity contribution >= 4 is 19.4 Å². The van der Waals surface area contributed by atoms with Gasteiger partial charge in [0, 0.05) is 0 Å². The first-order valence-corrected chi connectivity index (χ1v) is 7.28. The van der Waals surface area contributed by atoms with Gasteiger partial charge in [-0.05, 0) is 0 Å². The fourth-order valence-corrected chi connectivity index (χ4v) is 4.41. The second kappa shape index (κ2) is 5.37. The second-order valence-corrected chi connectivity index (χ2v) is 6.77. The van der Waals surface area contributed by atoms with Crippen LogP contribution in [0.25, 0.3) is 0 Å². The molecule has 0 unspecified atom stereocenters. The first-order chi connectivity index (χ1) is 8.20. The molecular formula is C13H14N2OSe. The van der Waals surface area contributed by atoms with Crippen LogP contribution in [-0.2, 0) is 0 Å². The number of nitriles is 1. The van der Waals surface area contributed by atoms with Crippen LogP contribution in [-0.4, -0.2) is 38.2 Å². The van der Waals surface area contributed by atoms with Gasteiger partial charge in [-0.1, -0.05) is 0 Å². The number of hydrogen-bond donors (Lipinski definition) is 1. The molecule has 1 aliphatic rings. The van der Waals surface area contributed by atoms with E-state index in [1.165, 1.54) is 4.46 Å². The van der Waals surface area contributed by atoms with Crippen LogP contribution in [0.3, 0.4) is 0 Å². The minimum atomic E-state index is -0.479. The molecule has 1 N–H and O–H groups in total. The summed E-state index contributed by atoms with van der Waals surface area (Å²) < 4.78 is 1.26. The summed E-state index contributed by atoms with van der Waals surface area (Å²) in [6, 6.07) is 12.4. The number of hydrogen-bond acceptors (Lipinski definition) is 3. The quantitative estimate of drug-likeness (QED) is 0.823. The zero-order valence-electron chi connectivity index (χ0n) is 9.58. The van der Waals surface area contributed by atoms with Crippen molar-refractivity contribution in [1.82, 2.24) is 4.90 Å². The summed E-state index contributed by atoms with van der Waals surface area (Å²) >= 11 is 0.186. The van der Waals surface area contributed by atoms with Gasteiger partial charge in [-0.15, -0.1) is 0 Å². The maximum atomic E-state index is 10.1. The van der Waals surface area contributed by atoms with Crippen molar-refractivity contribution in [2.75, 3.05) is 7.05 Å². The van der Waals surface area contributed by atoms with Crippen molar-refractivity contribution in [2.45, 2.75) is 17.5 Å². The Morgan fingerprint density at radius 3 is 2.76 bits per heavy atom. The van der Waals surface area contributed by atoms with E-state index in [2.05, 4.69) is 18.2 Å². The number of benzene rings is 1. The molecule has 88 valence electrons. The summed E-state index contributed by atoms with van der Waals surface area (Å²) in [6.45, 7) is 0. The van der Waals surface area contributed by atoms with E-state index in [0.29, 0.717) is 6.42 Å². The third-order valence-corrected chi connectivity index (χ3v) is 5.34. The van der Waals surface area contributed by atoms with E-state index in [-0.39, 0.29) is 19.8 Å². The van der Waals surface area contributed by atoms with E-state index in [0.717, 1.165) is 5.57 Å². The Kier molecular flexibility index (Phi) is 3.85. The Morgan fingerprint density at radius 2 is 2.12 bits per heavy atom. The molecule has 1 aliphatic heterocycles. The van der Waals surface area contributed by atoms with Gasteiger partial charge in [-0.3, -0.25) is 0 Å². The van der Waals surface area contributed by atoms with Gasteiger partial charge in [0.1, 0.15) is 0 Å². The standard InChI is InChI=1S/C13H14N2OSe/c1-15-9-10(8-14)7-12(13(15)16)17-11-5-3-2-4-6-11/h2-6,9,12-13,16H,7H2,1H3/t12-,13+/m0/s1. The SMILES string of the molecule is CN1C=C(C#N)C[C@H]([Se]c2ccccc2)[C@H]1O. The number of rotatable bonds is 2. The molecule has 1 heterocycles. The fraction of sp³-hybridized carbons (Fsp3) is 0.308. The predicted molar refractivity (Wildman–Crippen MR) is 67.7 cm³/mol. The third-order valence-electron chi connectivity index (χ3n) is 2.70. The molecular weight excluding hydrogens is 279 g/mol. The van der Waals surface area contributed by atoms with Gasteiger partial charge in [0.2, 0.25) is 0 Å². The molecule has 0 aromatic heterocycles. The van der Waals surface area contributed by atoms with E-state index in [1.54, 1.807) is 11.1 Å². The first kappa shape index (κ1) is 12.2.